The van der Waals surface area contributed by atoms with Crippen molar-refractivity contribution in [3.8, 4) is 0 Å². The Balaban J connectivity index is 0.000000761. The van der Waals surface area contributed by atoms with Crippen molar-refractivity contribution in [3.63, 3.8) is 0 Å². The summed E-state index contributed by atoms with van der Waals surface area (Å²) in [6.07, 6.45) is 40.5. The fourth-order valence-corrected chi connectivity index (χ4v) is 7.53. The largest absolute Gasteiger partial charge is 0.337 e. The van der Waals surface area contributed by atoms with Gasteiger partial charge in [0.05, 0.1) is 6.33 Å². The molecular weight excluding hydrogens is 443 g/mol. The maximum absolute atomic E-state index is 4.07. The van der Waals surface area contributed by atoms with Crippen molar-refractivity contribution in [3.05, 3.63) is 18.7 Å². The van der Waals surface area contributed by atoms with Gasteiger partial charge in [-0.2, -0.15) is 0 Å². The smallest absolute Gasteiger partial charge is 0.0945 e. The van der Waals surface area contributed by atoms with Gasteiger partial charge in [0.1, 0.15) is 0 Å². The molecule has 1 aromatic heterocycles. The summed E-state index contributed by atoms with van der Waals surface area (Å²) in [5.74, 6) is 0. The van der Waals surface area contributed by atoms with Crippen LogP contribution in [0, 0.1) is 0 Å². The average Bonchev–Trinajstić information content (AvgIpc) is 3.40. The first-order chi connectivity index (χ1) is 17.3. The minimum atomic E-state index is 0.422. The van der Waals surface area contributed by atoms with Gasteiger partial charge in [-0.1, -0.05) is 137 Å². The molecule has 0 unspecified atom stereocenters. The van der Waals surface area contributed by atoms with Crippen LogP contribution in [0.3, 0.4) is 0 Å². The highest BCUT2D eigenvalue weighted by Gasteiger charge is 2.05. The highest BCUT2D eigenvalue weighted by atomic mass is 31.1. The molecule has 0 saturated heterocycles. The molecule has 208 valence electrons. The third-order valence-corrected chi connectivity index (χ3v) is 9.91. The second-order valence-corrected chi connectivity index (χ2v) is 13.3. The molecule has 35 heavy (non-hydrogen) atoms. The average molecular weight is 509 g/mol. The monoisotopic (exact) mass is 508 g/mol. The van der Waals surface area contributed by atoms with E-state index < -0.39 is 0 Å². The summed E-state index contributed by atoms with van der Waals surface area (Å²) < 4.78 is 2.18. The van der Waals surface area contributed by atoms with E-state index in [-0.39, 0.29) is 0 Å². The summed E-state index contributed by atoms with van der Waals surface area (Å²) in [7, 11) is 0.422. The Hall–Kier alpha value is -0.360. The van der Waals surface area contributed by atoms with E-state index in [4.69, 9.17) is 0 Å². The molecule has 0 saturated carbocycles. The van der Waals surface area contributed by atoms with Crippen molar-refractivity contribution in [1.29, 1.82) is 0 Å². The summed E-state index contributed by atoms with van der Waals surface area (Å²) >= 11 is 0. The van der Waals surface area contributed by atoms with Crippen LogP contribution in [-0.2, 0) is 6.54 Å². The molecule has 0 aliphatic rings. The minimum absolute atomic E-state index is 0.422. The SMILES string of the molecule is CCCCCCCCCCCCCCCCCn1ccnc1.CCCCP(CCCC)CCCC. The Kier molecular flexibility index (Phi) is 29.6. The fraction of sp³-hybridized carbons (Fsp3) is 0.906. The van der Waals surface area contributed by atoms with Crippen LogP contribution < -0.4 is 0 Å². The van der Waals surface area contributed by atoms with E-state index in [2.05, 4.69) is 43.4 Å². The predicted octanol–water partition coefficient (Wildman–Crippen LogP) is 11.6. The van der Waals surface area contributed by atoms with Crippen molar-refractivity contribution >= 4 is 7.92 Å². The van der Waals surface area contributed by atoms with Crippen molar-refractivity contribution in [2.24, 2.45) is 0 Å². The Morgan fingerprint density at radius 1 is 0.486 bits per heavy atom. The molecule has 0 spiro atoms. The first-order valence-electron chi connectivity index (χ1n) is 16.0. The van der Waals surface area contributed by atoms with Gasteiger partial charge in [0, 0.05) is 18.9 Å². The summed E-state index contributed by atoms with van der Waals surface area (Å²) in [4.78, 5) is 4.07. The van der Waals surface area contributed by atoms with Gasteiger partial charge in [-0.3, -0.25) is 0 Å². The molecule has 0 aromatic carbocycles. The van der Waals surface area contributed by atoms with Crippen molar-refractivity contribution in [2.45, 2.75) is 169 Å². The molecule has 1 aromatic rings. The fourth-order valence-electron chi connectivity index (χ4n) is 4.57. The molecule has 0 fully saturated rings. The molecule has 0 amide bonds. The standard InChI is InChI=1S/C20H38N2.C12H27P/c1-2-3-4-5-6-7-8-9-10-11-12-13-14-15-16-18-22-19-17-21-20-22;1-4-7-10-13(11-8-5-2)12-9-6-3/h17,19-20H,2-16,18H2,1H3;4-12H2,1-3H3. The molecular formula is C32H65N2P. The van der Waals surface area contributed by atoms with Gasteiger partial charge in [-0.25, -0.2) is 4.98 Å². The zero-order valence-corrected chi connectivity index (χ0v) is 25.6. The van der Waals surface area contributed by atoms with Crippen LogP contribution in [0.2, 0.25) is 0 Å². The van der Waals surface area contributed by atoms with E-state index in [0.29, 0.717) is 7.92 Å². The lowest BCUT2D eigenvalue weighted by Gasteiger charge is -2.16. The first-order valence-corrected chi connectivity index (χ1v) is 17.9. The van der Waals surface area contributed by atoms with E-state index in [1.54, 1.807) is 18.5 Å². The zero-order valence-electron chi connectivity index (χ0n) is 24.8. The lowest BCUT2D eigenvalue weighted by atomic mass is 10.0. The highest BCUT2D eigenvalue weighted by Crippen LogP contribution is 2.38. The third-order valence-electron chi connectivity index (χ3n) is 7.06. The summed E-state index contributed by atoms with van der Waals surface area (Å²) in [6.45, 7) is 10.4. The molecule has 0 radical (unpaired) electrons. The van der Waals surface area contributed by atoms with E-state index in [0.717, 1.165) is 6.54 Å². The number of unbranched alkanes of at least 4 members (excludes halogenated alkanes) is 17. The Morgan fingerprint density at radius 3 is 1.20 bits per heavy atom. The lowest BCUT2D eigenvalue weighted by Crippen LogP contribution is -1.95. The molecule has 0 bridgehead atoms. The maximum atomic E-state index is 4.07. The normalized spacial score (nSPS) is 11.1. The predicted molar refractivity (Wildman–Crippen MR) is 163 cm³/mol. The summed E-state index contributed by atoms with van der Waals surface area (Å²) in [6, 6.07) is 0. The maximum Gasteiger partial charge on any atom is 0.0945 e. The second kappa shape index (κ2) is 29.9. The molecule has 2 nitrogen and oxygen atoms in total. The molecule has 0 N–H and O–H groups in total. The number of aromatic nitrogens is 2. The van der Waals surface area contributed by atoms with Gasteiger partial charge in [-0.05, 0) is 44.2 Å². The van der Waals surface area contributed by atoms with E-state index in [9.17, 15) is 0 Å². The number of aryl methyl sites for hydroxylation is 1. The van der Waals surface area contributed by atoms with Crippen LogP contribution in [0.5, 0.6) is 0 Å². The molecule has 1 rings (SSSR count). The minimum Gasteiger partial charge on any atom is -0.337 e. The van der Waals surface area contributed by atoms with Crippen LogP contribution in [-0.4, -0.2) is 28.0 Å². The Morgan fingerprint density at radius 2 is 0.857 bits per heavy atom. The second-order valence-electron chi connectivity index (χ2n) is 10.7. The Labute approximate surface area is 223 Å². The number of hydrogen-bond acceptors (Lipinski definition) is 1. The van der Waals surface area contributed by atoms with Gasteiger partial charge in [0.15, 0.2) is 0 Å². The van der Waals surface area contributed by atoms with Crippen LogP contribution >= 0.6 is 7.92 Å². The Bertz CT molecular complexity index is 455. The number of nitrogens with zero attached hydrogens (tertiary/aromatic N) is 2. The van der Waals surface area contributed by atoms with E-state index in [1.807, 2.05) is 12.5 Å². The van der Waals surface area contributed by atoms with Crippen molar-refractivity contribution < 1.29 is 0 Å². The van der Waals surface area contributed by atoms with Gasteiger partial charge < -0.3 is 4.57 Å². The molecule has 0 atom stereocenters. The summed E-state index contributed by atoms with van der Waals surface area (Å²) in [5.41, 5.74) is 0. The van der Waals surface area contributed by atoms with Gasteiger partial charge in [0.2, 0.25) is 0 Å². The van der Waals surface area contributed by atoms with Gasteiger partial charge in [-0.15, -0.1) is 7.92 Å². The molecule has 0 aliphatic heterocycles. The highest BCUT2D eigenvalue weighted by molar-refractivity contribution is 7.57. The van der Waals surface area contributed by atoms with Crippen molar-refractivity contribution in [1.82, 2.24) is 9.55 Å². The molecule has 3 heteroatoms. The van der Waals surface area contributed by atoms with Crippen LogP contribution in [0.1, 0.15) is 163 Å². The van der Waals surface area contributed by atoms with Gasteiger partial charge in [0.25, 0.3) is 0 Å². The summed E-state index contributed by atoms with van der Waals surface area (Å²) in [5, 5.41) is 0. The molecule has 0 aliphatic carbocycles. The van der Waals surface area contributed by atoms with Crippen LogP contribution in [0.4, 0.5) is 0 Å². The molecule has 1 heterocycles. The quantitative estimate of drug-likeness (QED) is 0.0948. The topological polar surface area (TPSA) is 17.8 Å². The van der Waals surface area contributed by atoms with Crippen molar-refractivity contribution in [2.75, 3.05) is 18.5 Å². The van der Waals surface area contributed by atoms with Gasteiger partial charge >= 0.3 is 0 Å². The zero-order chi connectivity index (χ0) is 25.7. The van der Waals surface area contributed by atoms with E-state index in [1.165, 1.54) is 135 Å². The first kappa shape index (κ1) is 34.6. The number of rotatable bonds is 25. The third kappa shape index (κ3) is 26.5. The number of imidazole rings is 1. The lowest BCUT2D eigenvalue weighted by molar-refractivity contribution is 0.522. The van der Waals surface area contributed by atoms with Crippen LogP contribution in [0.15, 0.2) is 18.7 Å². The number of hydrogen-bond donors (Lipinski definition) is 0. The van der Waals surface area contributed by atoms with Crippen LogP contribution in [0.25, 0.3) is 0 Å². The van der Waals surface area contributed by atoms with E-state index >= 15 is 0 Å².